The molecule has 1 aliphatic carbocycles. The van der Waals surface area contributed by atoms with E-state index >= 15 is 0 Å². The van der Waals surface area contributed by atoms with Crippen molar-refractivity contribution >= 4 is 36.9 Å². The van der Waals surface area contributed by atoms with Gasteiger partial charge in [0, 0.05) is 23.6 Å². The number of hydrogen-bond donors (Lipinski definition) is 2. The lowest BCUT2D eigenvalue weighted by atomic mass is 9.79. The van der Waals surface area contributed by atoms with Crippen LogP contribution >= 0.6 is 9.24 Å². The molecule has 5 nitrogen and oxygen atoms in total. The second-order valence-electron chi connectivity index (χ2n) is 10.7. The predicted octanol–water partition coefficient (Wildman–Crippen LogP) is 7.33. The maximum absolute atomic E-state index is 12.4. The standard InChI is InChI=1S/C27H23NO3.C4H10FOP.C2H6/c1-15-14-20-22-17(8-12-31-20)7-11-28-25(22)21(15)23-19-6-4-3-5-18(19)13-16(2)24(23)27(9-10-27)26(29)30;1-4(6,2-5)3-7;1-2/h3-7,11,13-14H,8-10,12H2,1-2H3,(H,29,30);6H,2-3,7H2,1H3;1-2H3. The molecular formula is C33H39FNO4P. The van der Waals surface area contributed by atoms with E-state index < -0.39 is 23.7 Å². The van der Waals surface area contributed by atoms with Crippen LogP contribution in [0.2, 0.25) is 0 Å². The molecule has 1 saturated carbocycles. The zero-order chi connectivity index (χ0) is 29.2. The third-order valence-corrected chi connectivity index (χ3v) is 8.63. The highest BCUT2D eigenvalue weighted by Crippen LogP contribution is 2.55. The number of ether oxygens (including phenoxy) is 1. The largest absolute Gasteiger partial charge is 0.493 e. The van der Waals surface area contributed by atoms with Crippen LogP contribution in [-0.4, -0.2) is 46.2 Å². The number of aromatic nitrogens is 1. The van der Waals surface area contributed by atoms with Gasteiger partial charge in [0.2, 0.25) is 0 Å². The molecule has 1 aliphatic heterocycles. The van der Waals surface area contributed by atoms with Crippen LogP contribution in [0.1, 0.15) is 55.9 Å². The molecule has 2 unspecified atom stereocenters. The van der Waals surface area contributed by atoms with Crippen LogP contribution in [0.5, 0.6) is 5.75 Å². The van der Waals surface area contributed by atoms with E-state index in [9.17, 15) is 14.3 Å². The fraction of sp³-hybridized carbons (Fsp3) is 0.394. The fourth-order valence-corrected chi connectivity index (χ4v) is 5.63. The van der Waals surface area contributed by atoms with Gasteiger partial charge in [-0.25, -0.2) is 4.39 Å². The molecule has 2 heterocycles. The summed E-state index contributed by atoms with van der Waals surface area (Å²) in [6.45, 7) is 9.59. The number of alkyl halides is 1. The molecule has 0 bridgehead atoms. The number of nitrogens with zero attached hydrogens (tertiary/aromatic N) is 1. The average Bonchev–Trinajstić information content (AvgIpc) is 3.76. The Bertz CT molecular complexity index is 1560. The van der Waals surface area contributed by atoms with Crippen molar-refractivity contribution in [2.45, 2.75) is 64.9 Å². The first-order chi connectivity index (χ1) is 19.1. The smallest absolute Gasteiger partial charge is 0.314 e. The van der Waals surface area contributed by atoms with E-state index in [2.05, 4.69) is 46.5 Å². The van der Waals surface area contributed by atoms with Gasteiger partial charge in [0.15, 0.2) is 0 Å². The summed E-state index contributed by atoms with van der Waals surface area (Å²) in [6.07, 6.45) is 4.46. The maximum Gasteiger partial charge on any atom is 0.314 e. The van der Waals surface area contributed by atoms with E-state index in [0.717, 1.165) is 61.7 Å². The number of halogens is 1. The lowest BCUT2D eigenvalue weighted by molar-refractivity contribution is -0.140. The van der Waals surface area contributed by atoms with E-state index in [1.807, 2.05) is 39.1 Å². The SMILES string of the molecule is CC.CC(O)(CF)CP.Cc1cc2ccccc2c(-c2c(C)cc3c4c(ccnc24)CCO3)c1C1(C(=O)O)CC1. The summed E-state index contributed by atoms with van der Waals surface area (Å²) in [6, 6.07) is 14.6. The number of carboxylic acid groups (broad SMARTS) is 1. The van der Waals surface area contributed by atoms with Gasteiger partial charge in [0.1, 0.15) is 12.4 Å². The van der Waals surface area contributed by atoms with Crippen LogP contribution in [-0.2, 0) is 16.6 Å². The van der Waals surface area contributed by atoms with Gasteiger partial charge >= 0.3 is 5.97 Å². The monoisotopic (exact) mass is 563 g/mol. The summed E-state index contributed by atoms with van der Waals surface area (Å²) in [5.41, 5.74) is 5.31. The highest BCUT2D eigenvalue weighted by atomic mass is 31.0. The zero-order valence-corrected chi connectivity index (χ0v) is 25.1. The molecule has 7 heteroatoms. The Kier molecular flexibility index (Phi) is 8.82. The minimum absolute atomic E-state index is 0.392. The molecule has 40 heavy (non-hydrogen) atoms. The van der Waals surface area contributed by atoms with Gasteiger partial charge in [-0.05, 0) is 90.5 Å². The van der Waals surface area contributed by atoms with Crippen molar-refractivity contribution < 1.29 is 24.1 Å². The highest BCUT2D eigenvalue weighted by Gasteiger charge is 2.54. The third-order valence-electron chi connectivity index (χ3n) is 7.75. The molecule has 4 aromatic rings. The van der Waals surface area contributed by atoms with E-state index in [-0.39, 0.29) is 0 Å². The first-order valence-corrected chi connectivity index (χ1v) is 14.7. The number of fused-ring (bicyclic) bond motifs is 1. The van der Waals surface area contributed by atoms with Crippen LogP contribution in [0.4, 0.5) is 4.39 Å². The number of pyridine rings is 1. The molecule has 0 saturated heterocycles. The van der Waals surface area contributed by atoms with Gasteiger partial charge in [-0.3, -0.25) is 9.78 Å². The number of carbonyl (C=O) groups is 1. The first kappa shape index (κ1) is 29.9. The summed E-state index contributed by atoms with van der Waals surface area (Å²) >= 11 is 0. The number of aliphatic hydroxyl groups is 1. The molecule has 1 fully saturated rings. The van der Waals surface area contributed by atoms with E-state index in [1.54, 1.807) is 0 Å². The Balaban J connectivity index is 0.000000362. The summed E-state index contributed by atoms with van der Waals surface area (Å²) in [7, 11) is 2.28. The van der Waals surface area contributed by atoms with Crippen molar-refractivity contribution in [3.05, 3.63) is 70.9 Å². The maximum atomic E-state index is 12.4. The lowest BCUT2D eigenvalue weighted by Crippen LogP contribution is -2.28. The van der Waals surface area contributed by atoms with Gasteiger partial charge < -0.3 is 14.9 Å². The van der Waals surface area contributed by atoms with E-state index in [0.29, 0.717) is 25.6 Å². The quantitative estimate of drug-likeness (QED) is 0.249. The normalized spacial score (nSPS) is 16.1. The number of rotatable bonds is 5. The van der Waals surface area contributed by atoms with Crippen molar-refractivity contribution in [2.24, 2.45) is 0 Å². The van der Waals surface area contributed by atoms with Gasteiger partial charge in [0.25, 0.3) is 0 Å². The summed E-state index contributed by atoms with van der Waals surface area (Å²) < 4.78 is 17.5. The molecule has 0 radical (unpaired) electrons. The van der Waals surface area contributed by atoms with Gasteiger partial charge in [-0.1, -0.05) is 44.2 Å². The number of aryl methyl sites for hydroxylation is 2. The molecule has 6 rings (SSSR count). The molecular weight excluding hydrogens is 524 g/mol. The molecule has 212 valence electrons. The van der Waals surface area contributed by atoms with Crippen molar-refractivity contribution in [3.8, 4) is 16.9 Å². The van der Waals surface area contributed by atoms with Crippen LogP contribution in [0.3, 0.4) is 0 Å². The lowest BCUT2D eigenvalue weighted by Gasteiger charge is -2.25. The van der Waals surface area contributed by atoms with Gasteiger partial charge in [-0.15, -0.1) is 9.24 Å². The number of carboxylic acids is 1. The van der Waals surface area contributed by atoms with Crippen molar-refractivity contribution in [2.75, 3.05) is 19.4 Å². The van der Waals surface area contributed by atoms with Gasteiger partial charge in [-0.2, -0.15) is 0 Å². The molecule has 1 aromatic heterocycles. The van der Waals surface area contributed by atoms with Crippen LogP contribution in [0.25, 0.3) is 32.8 Å². The van der Waals surface area contributed by atoms with E-state index in [4.69, 9.17) is 14.8 Å². The topological polar surface area (TPSA) is 79.7 Å². The fourth-order valence-electron chi connectivity index (χ4n) is 5.52. The van der Waals surface area contributed by atoms with Crippen molar-refractivity contribution in [3.63, 3.8) is 0 Å². The molecule has 3 aromatic carbocycles. The molecule has 2 atom stereocenters. The molecule has 2 aliphatic rings. The average molecular weight is 564 g/mol. The third kappa shape index (κ3) is 5.32. The number of aliphatic carboxylic acids is 1. The minimum Gasteiger partial charge on any atom is -0.493 e. The van der Waals surface area contributed by atoms with Crippen molar-refractivity contribution in [1.82, 2.24) is 4.98 Å². The Hall–Kier alpha value is -3.08. The van der Waals surface area contributed by atoms with E-state index in [1.165, 1.54) is 12.5 Å². The van der Waals surface area contributed by atoms with Crippen molar-refractivity contribution in [1.29, 1.82) is 0 Å². The summed E-state index contributed by atoms with van der Waals surface area (Å²) in [4.78, 5) is 17.3. The molecule has 2 N–H and O–H groups in total. The van der Waals surface area contributed by atoms with Gasteiger partial charge in [0.05, 0.1) is 23.1 Å². The summed E-state index contributed by atoms with van der Waals surface area (Å²) in [5, 5.41) is 22.2. The molecule has 0 spiro atoms. The number of benzene rings is 3. The Morgan fingerprint density at radius 1 is 1.12 bits per heavy atom. The summed E-state index contributed by atoms with van der Waals surface area (Å²) in [5.74, 6) is 0.146. The number of hydrogen-bond acceptors (Lipinski definition) is 4. The second-order valence-corrected chi connectivity index (χ2v) is 11.2. The minimum atomic E-state index is -1.12. The second kappa shape index (κ2) is 11.8. The Labute approximate surface area is 238 Å². The zero-order valence-electron chi connectivity index (χ0n) is 24.0. The van der Waals surface area contributed by atoms with Crippen LogP contribution < -0.4 is 4.74 Å². The Morgan fingerprint density at radius 2 is 1.82 bits per heavy atom. The highest BCUT2D eigenvalue weighted by molar-refractivity contribution is 7.16. The first-order valence-electron chi connectivity index (χ1n) is 13.9. The van der Waals surface area contributed by atoms with Crippen LogP contribution in [0.15, 0.2) is 48.7 Å². The Morgan fingerprint density at radius 3 is 2.42 bits per heavy atom. The van der Waals surface area contributed by atoms with Crippen LogP contribution in [0, 0.1) is 13.8 Å². The predicted molar refractivity (Wildman–Crippen MR) is 164 cm³/mol. The molecule has 0 amide bonds.